The van der Waals surface area contributed by atoms with E-state index in [0.29, 0.717) is 5.15 Å². The second-order valence-corrected chi connectivity index (χ2v) is 7.01. The average molecular weight is 353 g/mol. The predicted molar refractivity (Wildman–Crippen MR) is 98.9 cm³/mol. The summed E-state index contributed by atoms with van der Waals surface area (Å²) in [5.74, 6) is 0.773. The van der Waals surface area contributed by atoms with Crippen molar-refractivity contribution in [1.82, 2.24) is 24.4 Å². The van der Waals surface area contributed by atoms with Gasteiger partial charge < -0.3 is 5.32 Å². The lowest BCUT2D eigenvalue weighted by Crippen LogP contribution is -2.06. The van der Waals surface area contributed by atoms with E-state index in [4.69, 9.17) is 11.6 Å². The van der Waals surface area contributed by atoms with Crippen LogP contribution in [0.1, 0.15) is 12.8 Å². The number of nitrogens with one attached hydrogen (secondary N) is 1. The molecule has 0 atom stereocenters. The molecule has 0 radical (unpaired) electrons. The fourth-order valence-corrected chi connectivity index (χ4v) is 3.35. The van der Waals surface area contributed by atoms with Crippen LogP contribution in [-0.4, -0.2) is 30.9 Å². The first-order chi connectivity index (χ1) is 12.2. The Kier molecular flexibility index (Phi) is 3.21. The zero-order valence-corrected chi connectivity index (χ0v) is 14.5. The van der Waals surface area contributed by atoms with E-state index in [9.17, 15) is 0 Å². The molecule has 6 nitrogen and oxygen atoms in total. The molecular weight excluding hydrogens is 336 g/mol. The highest BCUT2D eigenvalue weighted by Gasteiger charge is 2.21. The van der Waals surface area contributed by atoms with Gasteiger partial charge in [0.25, 0.3) is 0 Å². The topological polar surface area (TPSA) is 60.0 Å². The van der Waals surface area contributed by atoms with Crippen LogP contribution in [-0.2, 0) is 7.05 Å². The van der Waals surface area contributed by atoms with Crippen LogP contribution in [0.25, 0.3) is 27.8 Å². The lowest BCUT2D eigenvalue weighted by Gasteiger charge is -2.08. The summed E-state index contributed by atoms with van der Waals surface area (Å²) in [7, 11) is 1.94. The molecule has 0 saturated heterocycles. The third kappa shape index (κ3) is 2.53. The summed E-state index contributed by atoms with van der Waals surface area (Å²) in [6.07, 6.45) is 6.31. The molecule has 3 aromatic heterocycles. The van der Waals surface area contributed by atoms with E-state index in [2.05, 4.69) is 38.7 Å². The molecule has 0 bridgehead atoms. The number of hydrogen-bond acceptors (Lipinski definition) is 4. The molecule has 0 spiro atoms. The summed E-state index contributed by atoms with van der Waals surface area (Å²) in [5.41, 5.74) is 4.77. The quantitative estimate of drug-likeness (QED) is 0.607. The zero-order chi connectivity index (χ0) is 17.0. The normalized spacial score (nSPS) is 14.5. The van der Waals surface area contributed by atoms with Crippen LogP contribution in [0.2, 0.25) is 5.15 Å². The van der Waals surface area contributed by atoms with Crippen molar-refractivity contribution in [2.24, 2.45) is 13.0 Å². The van der Waals surface area contributed by atoms with Gasteiger partial charge in [0.05, 0.1) is 29.3 Å². The van der Waals surface area contributed by atoms with Gasteiger partial charge in [-0.05, 0) is 30.9 Å². The summed E-state index contributed by atoms with van der Waals surface area (Å²) in [5, 5.41) is 13.8. The van der Waals surface area contributed by atoms with Gasteiger partial charge in [-0.3, -0.25) is 4.68 Å². The highest BCUT2D eigenvalue weighted by molar-refractivity contribution is 6.29. The summed E-state index contributed by atoms with van der Waals surface area (Å²) in [6.45, 7) is 0.958. The Morgan fingerprint density at radius 1 is 1.24 bits per heavy atom. The smallest absolute Gasteiger partial charge is 0.177 e. The zero-order valence-electron chi connectivity index (χ0n) is 13.8. The first kappa shape index (κ1) is 14.7. The molecule has 1 saturated carbocycles. The Labute approximate surface area is 149 Å². The van der Waals surface area contributed by atoms with Crippen molar-refractivity contribution in [2.45, 2.75) is 12.8 Å². The molecule has 1 aliphatic rings. The van der Waals surface area contributed by atoms with Gasteiger partial charge in [-0.2, -0.15) is 10.2 Å². The SMILES string of the molecule is Cn1ncc2cc(-c3cnc4c(NCC5CC5)cc(Cl)nn34)ccc21. The Hall–Kier alpha value is -2.60. The Bertz CT molecular complexity index is 1090. The number of aromatic nitrogens is 5. The van der Waals surface area contributed by atoms with Crippen LogP contribution in [0.5, 0.6) is 0 Å². The minimum absolute atomic E-state index is 0.451. The number of nitrogens with zero attached hydrogens (tertiary/aromatic N) is 5. The fraction of sp³-hybridized carbons (Fsp3) is 0.278. The molecule has 1 fully saturated rings. The third-order valence-corrected chi connectivity index (χ3v) is 4.94. The van der Waals surface area contributed by atoms with E-state index >= 15 is 0 Å². The summed E-state index contributed by atoms with van der Waals surface area (Å²) in [4.78, 5) is 4.58. The molecule has 0 unspecified atom stereocenters. The number of anilines is 1. The Morgan fingerprint density at radius 2 is 2.12 bits per heavy atom. The standard InChI is InChI=1S/C18H17ClN6/c1-24-15-5-4-12(6-13(15)9-22-24)16-10-21-18-14(20-8-11-2-3-11)7-17(19)23-25(16)18/h4-7,9-11,20H,2-3,8H2,1H3. The van der Waals surface area contributed by atoms with Crippen LogP contribution >= 0.6 is 11.6 Å². The Balaban J connectivity index is 1.62. The van der Waals surface area contributed by atoms with Gasteiger partial charge in [0.15, 0.2) is 10.8 Å². The molecule has 1 aliphatic carbocycles. The molecule has 3 heterocycles. The maximum absolute atomic E-state index is 6.26. The molecule has 0 aliphatic heterocycles. The van der Waals surface area contributed by atoms with Crippen LogP contribution < -0.4 is 5.32 Å². The number of aryl methyl sites for hydroxylation is 1. The number of hydrogen-bond donors (Lipinski definition) is 1. The van der Waals surface area contributed by atoms with Crippen molar-refractivity contribution >= 4 is 33.8 Å². The molecule has 1 aromatic carbocycles. The number of benzene rings is 1. The molecular formula is C18H17ClN6. The lowest BCUT2D eigenvalue weighted by atomic mass is 10.1. The molecule has 0 amide bonds. The van der Waals surface area contributed by atoms with Gasteiger partial charge in [0, 0.05) is 30.6 Å². The minimum Gasteiger partial charge on any atom is -0.382 e. The van der Waals surface area contributed by atoms with Crippen molar-refractivity contribution < 1.29 is 0 Å². The van der Waals surface area contributed by atoms with Gasteiger partial charge in [-0.1, -0.05) is 17.7 Å². The predicted octanol–water partition coefficient (Wildman–Crippen LogP) is 3.76. The molecule has 7 heteroatoms. The van der Waals surface area contributed by atoms with Gasteiger partial charge in [0.2, 0.25) is 0 Å². The second kappa shape index (κ2) is 5.46. The largest absolute Gasteiger partial charge is 0.382 e. The minimum atomic E-state index is 0.451. The number of fused-ring (bicyclic) bond motifs is 2. The highest BCUT2D eigenvalue weighted by atomic mass is 35.5. The van der Waals surface area contributed by atoms with Crippen molar-refractivity contribution in [1.29, 1.82) is 0 Å². The summed E-state index contributed by atoms with van der Waals surface area (Å²) in [6, 6.07) is 8.08. The van der Waals surface area contributed by atoms with E-state index in [1.54, 1.807) is 0 Å². The van der Waals surface area contributed by atoms with E-state index in [1.165, 1.54) is 12.8 Å². The Morgan fingerprint density at radius 3 is 2.96 bits per heavy atom. The highest BCUT2D eigenvalue weighted by Crippen LogP contribution is 2.31. The monoisotopic (exact) mass is 352 g/mol. The van der Waals surface area contributed by atoms with E-state index in [1.807, 2.05) is 34.7 Å². The molecule has 5 rings (SSSR count). The van der Waals surface area contributed by atoms with Crippen molar-refractivity contribution in [2.75, 3.05) is 11.9 Å². The van der Waals surface area contributed by atoms with Gasteiger partial charge in [0.1, 0.15) is 0 Å². The van der Waals surface area contributed by atoms with E-state index < -0.39 is 0 Å². The molecule has 4 aromatic rings. The molecule has 25 heavy (non-hydrogen) atoms. The summed E-state index contributed by atoms with van der Waals surface area (Å²) >= 11 is 6.26. The summed E-state index contributed by atoms with van der Waals surface area (Å²) < 4.78 is 3.68. The first-order valence-corrected chi connectivity index (χ1v) is 8.77. The third-order valence-electron chi connectivity index (χ3n) is 4.76. The van der Waals surface area contributed by atoms with Crippen molar-refractivity contribution in [3.05, 3.63) is 41.8 Å². The van der Waals surface area contributed by atoms with Gasteiger partial charge in [-0.15, -0.1) is 0 Å². The molecule has 126 valence electrons. The van der Waals surface area contributed by atoms with Crippen LogP contribution in [0.3, 0.4) is 0 Å². The van der Waals surface area contributed by atoms with Crippen molar-refractivity contribution in [3.8, 4) is 11.3 Å². The number of rotatable bonds is 4. The van der Waals surface area contributed by atoms with E-state index in [0.717, 1.165) is 46.0 Å². The average Bonchev–Trinajstić information content (AvgIpc) is 3.24. The van der Waals surface area contributed by atoms with E-state index in [-0.39, 0.29) is 0 Å². The fourth-order valence-electron chi connectivity index (χ4n) is 3.16. The van der Waals surface area contributed by atoms with Crippen LogP contribution in [0, 0.1) is 5.92 Å². The maximum Gasteiger partial charge on any atom is 0.177 e. The molecule has 1 N–H and O–H groups in total. The van der Waals surface area contributed by atoms with Crippen LogP contribution in [0.4, 0.5) is 5.69 Å². The first-order valence-electron chi connectivity index (χ1n) is 8.39. The van der Waals surface area contributed by atoms with Gasteiger partial charge >= 0.3 is 0 Å². The number of halogens is 1. The van der Waals surface area contributed by atoms with Crippen molar-refractivity contribution in [3.63, 3.8) is 0 Å². The second-order valence-electron chi connectivity index (χ2n) is 6.63. The van der Waals surface area contributed by atoms with Gasteiger partial charge in [-0.25, -0.2) is 9.50 Å². The maximum atomic E-state index is 6.26. The number of imidazole rings is 1. The van der Waals surface area contributed by atoms with Crippen LogP contribution in [0.15, 0.2) is 36.7 Å². The lowest BCUT2D eigenvalue weighted by molar-refractivity contribution is 0.797.